The van der Waals surface area contributed by atoms with Crippen molar-refractivity contribution >= 4 is 10.9 Å². The normalized spacial score (nSPS) is 14.3. The van der Waals surface area contributed by atoms with Crippen LogP contribution in [0.25, 0.3) is 10.9 Å². The molecular weight excluding hydrogens is 432 g/mol. The Bertz CT molecular complexity index is 1270. The van der Waals surface area contributed by atoms with Crippen LogP contribution in [0, 0.1) is 0 Å². The topological polar surface area (TPSA) is 54.4 Å². The van der Waals surface area contributed by atoms with Crippen LogP contribution in [0.15, 0.2) is 72.9 Å². The van der Waals surface area contributed by atoms with Crippen LogP contribution in [0.5, 0.6) is 5.75 Å². The summed E-state index contributed by atoms with van der Waals surface area (Å²) in [6.45, 7) is 5.46. The average Bonchev–Trinajstić information content (AvgIpc) is 3.31. The number of aliphatic hydroxyl groups is 1. The molecule has 5 rings (SSSR count). The van der Waals surface area contributed by atoms with E-state index in [1.807, 2.05) is 54.6 Å². The summed E-state index contributed by atoms with van der Waals surface area (Å²) in [4.78, 5) is 4.58. The average molecular weight is 467 g/mol. The van der Waals surface area contributed by atoms with Gasteiger partial charge in [0.2, 0.25) is 0 Å². The highest BCUT2D eigenvalue weighted by atomic mass is 16.5. The molecule has 0 amide bonds. The summed E-state index contributed by atoms with van der Waals surface area (Å²) in [6.07, 6.45) is 5.36. The van der Waals surface area contributed by atoms with E-state index in [1.165, 1.54) is 22.3 Å². The van der Waals surface area contributed by atoms with Crippen molar-refractivity contribution in [3.63, 3.8) is 0 Å². The molecule has 4 heteroatoms. The van der Waals surface area contributed by atoms with E-state index in [4.69, 9.17) is 4.74 Å². The highest BCUT2D eigenvalue weighted by Gasteiger charge is 2.24. The third-order valence-electron chi connectivity index (χ3n) is 7.18. The number of benzene rings is 3. The van der Waals surface area contributed by atoms with Gasteiger partial charge in [-0.15, -0.1) is 0 Å². The smallest absolute Gasteiger partial charge is 0.146 e. The largest absolute Gasteiger partial charge is 0.487 e. The van der Waals surface area contributed by atoms with E-state index >= 15 is 0 Å². The van der Waals surface area contributed by atoms with Crippen molar-refractivity contribution in [1.29, 1.82) is 0 Å². The van der Waals surface area contributed by atoms with Crippen molar-refractivity contribution in [3.8, 4) is 5.75 Å². The maximum Gasteiger partial charge on any atom is 0.146 e. The second-order valence-electron chi connectivity index (χ2n) is 9.45. The van der Waals surface area contributed by atoms with Gasteiger partial charge < -0.3 is 15.2 Å². The number of hydrogen-bond donors (Lipinski definition) is 2. The van der Waals surface area contributed by atoms with Gasteiger partial charge in [-0.25, -0.2) is 0 Å². The lowest BCUT2D eigenvalue weighted by molar-refractivity contribution is 0.171. The number of aryl methyl sites for hydroxylation is 2. The number of ether oxygens (including phenoxy) is 1. The first kappa shape index (κ1) is 23.5. The molecule has 1 aromatic heterocycles. The lowest BCUT2D eigenvalue weighted by Crippen LogP contribution is -2.33. The highest BCUT2D eigenvalue weighted by Crippen LogP contribution is 2.31. The summed E-state index contributed by atoms with van der Waals surface area (Å²) in [7, 11) is 0. The predicted octanol–water partition coefficient (Wildman–Crippen LogP) is 5.73. The number of nitrogens with one attached hydrogen (secondary N) is 1. The van der Waals surface area contributed by atoms with E-state index in [2.05, 4.69) is 36.3 Å². The van der Waals surface area contributed by atoms with Gasteiger partial charge in [0.05, 0.1) is 6.10 Å². The molecule has 0 unspecified atom stereocenters. The molecule has 1 heterocycles. The van der Waals surface area contributed by atoms with E-state index in [9.17, 15) is 5.11 Å². The second kappa shape index (κ2) is 10.6. The van der Waals surface area contributed by atoms with Crippen LogP contribution in [0.1, 0.15) is 53.3 Å². The van der Waals surface area contributed by atoms with Crippen molar-refractivity contribution in [2.24, 2.45) is 0 Å². The minimum Gasteiger partial charge on any atom is -0.487 e. The monoisotopic (exact) mass is 466 g/mol. The van der Waals surface area contributed by atoms with Crippen molar-refractivity contribution in [2.45, 2.75) is 58.3 Å². The van der Waals surface area contributed by atoms with Gasteiger partial charge in [-0.05, 0) is 71.2 Å². The van der Waals surface area contributed by atoms with Crippen molar-refractivity contribution < 1.29 is 9.84 Å². The maximum absolute atomic E-state index is 11.1. The van der Waals surface area contributed by atoms with Gasteiger partial charge >= 0.3 is 0 Å². The summed E-state index contributed by atoms with van der Waals surface area (Å²) < 4.78 is 6.10. The zero-order valence-electron chi connectivity index (χ0n) is 20.6. The molecule has 2 N–H and O–H groups in total. The molecule has 180 valence electrons. The summed E-state index contributed by atoms with van der Waals surface area (Å²) in [5.74, 6) is 0.734. The van der Waals surface area contributed by atoms with Gasteiger partial charge in [-0.2, -0.15) is 0 Å². The molecule has 4 nitrogen and oxygen atoms in total. The number of fused-ring (bicyclic) bond motifs is 2. The molecule has 1 atom stereocenters. The first-order valence-corrected chi connectivity index (χ1v) is 12.8. The molecule has 0 bridgehead atoms. The Hall–Kier alpha value is -3.21. The van der Waals surface area contributed by atoms with E-state index in [-0.39, 0.29) is 0 Å². The quantitative estimate of drug-likeness (QED) is 0.331. The fourth-order valence-corrected chi connectivity index (χ4v) is 5.28. The van der Waals surface area contributed by atoms with Crippen LogP contribution in [-0.4, -0.2) is 22.7 Å². The molecule has 0 aliphatic heterocycles. The molecule has 0 saturated carbocycles. The van der Waals surface area contributed by atoms with E-state index in [1.54, 1.807) is 6.20 Å². The van der Waals surface area contributed by atoms with Gasteiger partial charge in [0.25, 0.3) is 0 Å². The van der Waals surface area contributed by atoms with Crippen LogP contribution in [0.2, 0.25) is 0 Å². The predicted molar refractivity (Wildman–Crippen MR) is 142 cm³/mol. The number of aliphatic hydroxyl groups excluding tert-OH is 1. The first-order valence-electron chi connectivity index (χ1n) is 12.8. The first-order chi connectivity index (χ1) is 17.2. The minimum atomic E-state index is -0.619. The second-order valence-corrected chi connectivity index (χ2v) is 9.45. The molecule has 1 aliphatic rings. The third kappa shape index (κ3) is 5.09. The van der Waals surface area contributed by atoms with Crippen molar-refractivity contribution in [1.82, 2.24) is 10.3 Å². The lowest BCUT2D eigenvalue weighted by Gasteiger charge is -2.19. The highest BCUT2D eigenvalue weighted by molar-refractivity contribution is 5.87. The number of aromatic nitrogens is 1. The molecular formula is C31H34N2O2. The molecule has 0 radical (unpaired) electrons. The van der Waals surface area contributed by atoms with Crippen molar-refractivity contribution in [2.75, 3.05) is 6.54 Å². The van der Waals surface area contributed by atoms with E-state index in [0.717, 1.165) is 53.5 Å². The zero-order valence-corrected chi connectivity index (χ0v) is 20.6. The molecule has 1 aliphatic carbocycles. The van der Waals surface area contributed by atoms with Gasteiger partial charge in [-0.3, -0.25) is 4.98 Å². The molecule has 3 aromatic carbocycles. The third-order valence-corrected chi connectivity index (χ3v) is 7.18. The standard InChI is InChI=1S/C31H34N2O2/c1-3-22-15-24-17-26(18-25(24)16-23(22)4-2)33-19-29(34)27-12-13-30(31-28(27)11-8-14-32-31)35-20-21-9-6-5-7-10-21/h5-16,26,29,33-34H,3-4,17-20H2,1-2H3/t29-/m0/s1. The molecule has 35 heavy (non-hydrogen) atoms. The maximum atomic E-state index is 11.1. The number of pyridine rings is 1. The fourth-order valence-electron chi connectivity index (χ4n) is 5.28. The van der Waals surface area contributed by atoms with Gasteiger partial charge in [-0.1, -0.05) is 68.4 Å². The van der Waals surface area contributed by atoms with Crippen LogP contribution >= 0.6 is 0 Å². The summed E-state index contributed by atoms with van der Waals surface area (Å²) in [5, 5.41) is 15.7. The van der Waals surface area contributed by atoms with Crippen LogP contribution in [0.3, 0.4) is 0 Å². The zero-order chi connectivity index (χ0) is 24.2. The minimum absolute atomic E-state index is 0.356. The van der Waals surface area contributed by atoms with Gasteiger partial charge in [0.1, 0.15) is 17.9 Å². The fraction of sp³-hybridized carbons (Fsp3) is 0.323. The van der Waals surface area contributed by atoms with Crippen LogP contribution in [-0.2, 0) is 32.3 Å². The number of rotatable bonds is 9. The Balaban J connectivity index is 1.27. The van der Waals surface area contributed by atoms with Gasteiger partial charge in [0.15, 0.2) is 0 Å². The molecule has 4 aromatic rings. The summed E-state index contributed by atoms with van der Waals surface area (Å²) in [5.41, 5.74) is 8.64. The van der Waals surface area contributed by atoms with E-state index < -0.39 is 6.10 Å². The summed E-state index contributed by atoms with van der Waals surface area (Å²) in [6, 6.07) is 23.1. The lowest BCUT2D eigenvalue weighted by atomic mass is 9.97. The SMILES string of the molecule is CCc1cc2c(cc1CC)CC(NC[C@H](O)c1ccc(OCc3ccccc3)c3ncccc13)C2. The molecule has 0 saturated heterocycles. The Labute approximate surface area is 208 Å². The van der Waals surface area contributed by atoms with Crippen molar-refractivity contribution in [3.05, 3.63) is 106 Å². The molecule has 0 fully saturated rings. The van der Waals surface area contributed by atoms with Gasteiger partial charge in [0, 0.05) is 24.2 Å². The Kier molecular flexibility index (Phi) is 7.12. The molecule has 0 spiro atoms. The summed E-state index contributed by atoms with van der Waals surface area (Å²) >= 11 is 0. The Morgan fingerprint density at radius 1 is 0.943 bits per heavy atom. The number of hydrogen-bond acceptors (Lipinski definition) is 4. The van der Waals surface area contributed by atoms with Crippen LogP contribution in [0.4, 0.5) is 0 Å². The Morgan fingerprint density at radius 2 is 1.66 bits per heavy atom. The Morgan fingerprint density at radius 3 is 2.34 bits per heavy atom. The van der Waals surface area contributed by atoms with Crippen LogP contribution < -0.4 is 10.1 Å². The van der Waals surface area contributed by atoms with E-state index in [0.29, 0.717) is 19.2 Å². The number of nitrogens with zero attached hydrogens (tertiary/aromatic N) is 1.